The van der Waals surface area contributed by atoms with E-state index < -0.39 is 0 Å². The fourth-order valence-corrected chi connectivity index (χ4v) is 2.36. The van der Waals surface area contributed by atoms with Gasteiger partial charge in [-0.15, -0.1) is 0 Å². The Kier molecular flexibility index (Phi) is 5.24. The zero-order valence-electron chi connectivity index (χ0n) is 10.9. The Hall–Kier alpha value is -1.29. The second-order valence-corrected chi connectivity index (χ2v) is 5.58. The Bertz CT molecular complexity index is 602. The van der Waals surface area contributed by atoms with Crippen LogP contribution in [0.15, 0.2) is 48.5 Å². The van der Waals surface area contributed by atoms with Gasteiger partial charge in [0.15, 0.2) is 5.11 Å². The molecule has 0 fully saturated rings. The van der Waals surface area contributed by atoms with Crippen molar-refractivity contribution >= 4 is 46.2 Å². The van der Waals surface area contributed by atoms with E-state index in [0.29, 0.717) is 15.2 Å². The van der Waals surface area contributed by atoms with E-state index in [9.17, 15) is 0 Å². The first-order valence-electron chi connectivity index (χ1n) is 6.14. The number of rotatable bonds is 3. The topological polar surface area (TPSA) is 24.1 Å². The third-order valence-electron chi connectivity index (χ3n) is 2.82. The maximum atomic E-state index is 5.96. The van der Waals surface area contributed by atoms with Crippen molar-refractivity contribution in [1.29, 1.82) is 0 Å². The van der Waals surface area contributed by atoms with Gasteiger partial charge in [-0.1, -0.05) is 53.5 Å². The molecule has 2 nitrogen and oxygen atoms in total. The van der Waals surface area contributed by atoms with E-state index in [1.165, 1.54) is 5.56 Å². The van der Waals surface area contributed by atoms with E-state index in [1.54, 1.807) is 12.1 Å². The minimum atomic E-state index is 0.124. The number of halogens is 2. The first-order valence-corrected chi connectivity index (χ1v) is 7.30. The lowest BCUT2D eigenvalue weighted by atomic mass is 10.1. The van der Waals surface area contributed by atoms with E-state index in [1.807, 2.05) is 24.3 Å². The fourth-order valence-electron chi connectivity index (χ4n) is 1.76. The van der Waals surface area contributed by atoms with Gasteiger partial charge in [0, 0.05) is 5.69 Å². The molecule has 0 bridgehead atoms. The zero-order valence-corrected chi connectivity index (χ0v) is 13.2. The van der Waals surface area contributed by atoms with Crippen LogP contribution >= 0.6 is 35.4 Å². The smallest absolute Gasteiger partial charge is 0.171 e. The Morgan fingerprint density at radius 1 is 1.05 bits per heavy atom. The molecular formula is C15H14Cl2N2S. The van der Waals surface area contributed by atoms with Gasteiger partial charge in [-0.2, -0.15) is 0 Å². The molecule has 1 unspecified atom stereocenters. The highest BCUT2D eigenvalue weighted by Gasteiger charge is 2.07. The molecule has 2 aromatic rings. The largest absolute Gasteiger partial charge is 0.356 e. The third-order valence-corrected chi connectivity index (χ3v) is 3.78. The summed E-state index contributed by atoms with van der Waals surface area (Å²) in [7, 11) is 0. The molecule has 0 aliphatic carbocycles. The SMILES string of the molecule is CC(NC(=S)Nc1ccc(Cl)c(Cl)c1)c1ccccc1. The van der Waals surface area contributed by atoms with E-state index >= 15 is 0 Å². The van der Waals surface area contributed by atoms with Crippen LogP contribution in [0.5, 0.6) is 0 Å². The maximum absolute atomic E-state index is 5.96. The maximum Gasteiger partial charge on any atom is 0.171 e. The number of thiocarbonyl (C=S) groups is 1. The van der Waals surface area contributed by atoms with Gasteiger partial charge in [0.1, 0.15) is 0 Å². The average molecular weight is 325 g/mol. The van der Waals surface area contributed by atoms with Crippen LogP contribution in [-0.2, 0) is 0 Å². The number of hydrogen-bond acceptors (Lipinski definition) is 1. The summed E-state index contributed by atoms with van der Waals surface area (Å²) in [6.45, 7) is 2.05. The van der Waals surface area contributed by atoms with Crippen LogP contribution in [-0.4, -0.2) is 5.11 Å². The molecule has 104 valence electrons. The lowest BCUT2D eigenvalue weighted by molar-refractivity contribution is 0.722. The van der Waals surface area contributed by atoms with Gasteiger partial charge in [0.25, 0.3) is 0 Å². The number of anilines is 1. The van der Waals surface area contributed by atoms with Gasteiger partial charge < -0.3 is 10.6 Å². The van der Waals surface area contributed by atoms with E-state index in [4.69, 9.17) is 35.4 Å². The Morgan fingerprint density at radius 2 is 1.75 bits per heavy atom. The molecule has 0 saturated heterocycles. The van der Waals surface area contributed by atoms with Gasteiger partial charge in [-0.25, -0.2) is 0 Å². The standard InChI is InChI=1S/C15H14Cl2N2S/c1-10(11-5-3-2-4-6-11)18-15(20)19-12-7-8-13(16)14(17)9-12/h2-10H,1H3,(H2,18,19,20). The van der Waals surface area contributed by atoms with Crippen molar-refractivity contribution < 1.29 is 0 Å². The molecule has 5 heteroatoms. The molecule has 0 spiro atoms. The minimum absolute atomic E-state index is 0.124. The third kappa shape index (κ3) is 4.10. The Morgan fingerprint density at radius 3 is 2.40 bits per heavy atom. The highest BCUT2D eigenvalue weighted by molar-refractivity contribution is 7.80. The van der Waals surface area contributed by atoms with Crippen LogP contribution in [0.1, 0.15) is 18.5 Å². The molecule has 2 rings (SSSR count). The Balaban J connectivity index is 1.97. The quantitative estimate of drug-likeness (QED) is 0.773. The molecule has 1 atom stereocenters. The molecule has 0 aliphatic heterocycles. The first-order chi connectivity index (χ1) is 9.56. The summed E-state index contributed by atoms with van der Waals surface area (Å²) in [6.07, 6.45) is 0. The van der Waals surface area contributed by atoms with Gasteiger partial charge in [0.05, 0.1) is 16.1 Å². The monoisotopic (exact) mass is 324 g/mol. The molecule has 20 heavy (non-hydrogen) atoms. The molecule has 2 N–H and O–H groups in total. The molecule has 0 radical (unpaired) electrons. The summed E-state index contributed by atoms with van der Waals surface area (Å²) in [6, 6.07) is 15.5. The van der Waals surface area contributed by atoms with Crippen LogP contribution in [0.25, 0.3) is 0 Å². The number of hydrogen-bond donors (Lipinski definition) is 2. The second kappa shape index (κ2) is 6.93. The summed E-state index contributed by atoms with van der Waals surface area (Å²) in [5.41, 5.74) is 1.97. The molecule has 0 aliphatic rings. The lowest BCUT2D eigenvalue weighted by Crippen LogP contribution is -2.30. The van der Waals surface area contributed by atoms with Crippen molar-refractivity contribution in [3.8, 4) is 0 Å². The van der Waals surface area contributed by atoms with Crippen molar-refractivity contribution in [2.45, 2.75) is 13.0 Å². The summed E-state index contributed by atoms with van der Waals surface area (Å²) in [5, 5.41) is 7.87. The molecular weight excluding hydrogens is 311 g/mol. The average Bonchev–Trinajstić information content (AvgIpc) is 2.44. The zero-order chi connectivity index (χ0) is 14.5. The second-order valence-electron chi connectivity index (χ2n) is 4.36. The molecule has 0 amide bonds. The van der Waals surface area contributed by atoms with Crippen molar-refractivity contribution in [3.05, 3.63) is 64.1 Å². The van der Waals surface area contributed by atoms with Crippen LogP contribution in [0, 0.1) is 0 Å². The van der Waals surface area contributed by atoms with E-state index in [2.05, 4.69) is 29.7 Å². The molecule has 2 aromatic carbocycles. The minimum Gasteiger partial charge on any atom is -0.356 e. The van der Waals surface area contributed by atoms with Gasteiger partial charge in [-0.3, -0.25) is 0 Å². The number of benzene rings is 2. The van der Waals surface area contributed by atoms with Crippen molar-refractivity contribution in [2.24, 2.45) is 0 Å². The van der Waals surface area contributed by atoms with Gasteiger partial charge in [-0.05, 0) is 42.9 Å². The van der Waals surface area contributed by atoms with Crippen molar-refractivity contribution in [1.82, 2.24) is 5.32 Å². The van der Waals surface area contributed by atoms with Crippen molar-refractivity contribution in [2.75, 3.05) is 5.32 Å². The molecule has 0 saturated carbocycles. The van der Waals surface area contributed by atoms with E-state index in [0.717, 1.165) is 5.69 Å². The van der Waals surface area contributed by atoms with Gasteiger partial charge in [0.2, 0.25) is 0 Å². The fraction of sp³-hybridized carbons (Fsp3) is 0.133. The van der Waals surface area contributed by atoms with E-state index in [-0.39, 0.29) is 6.04 Å². The van der Waals surface area contributed by atoms with Crippen molar-refractivity contribution in [3.63, 3.8) is 0 Å². The summed E-state index contributed by atoms with van der Waals surface area (Å²) in [5.74, 6) is 0. The summed E-state index contributed by atoms with van der Waals surface area (Å²) >= 11 is 17.1. The predicted molar refractivity (Wildman–Crippen MR) is 90.7 cm³/mol. The highest BCUT2D eigenvalue weighted by Crippen LogP contribution is 2.25. The number of nitrogens with one attached hydrogen (secondary N) is 2. The summed E-state index contributed by atoms with van der Waals surface area (Å²) < 4.78 is 0. The normalized spacial score (nSPS) is 11.8. The summed E-state index contributed by atoms with van der Waals surface area (Å²) in [4.78, 5) is 0. The van der Waals surface area contributed by atoms with Crippen LogP contribution in [0.4, 0.5) is 5.69 Å². The van der Waals surface area contributed by atoms with Crippen LogP contribution in [0.3, 0.4) is 0 Å². The highest BCUT2D eigenvalue weighted by atomic mass is 35.5. The first kappa shape index (κ1) is 15.1. The lowest BCUT2D eigenvalue weighted by Gasteiger charge is -2.17. The molecule has 0 heterocycles. The van der Waals surface area contributed by atoms with Crippen LogP contribution < -0.4 is 10.6 Å². The predicted octanol–water partition coefficient (Wildman–Crippen LogP) is 5.04. The Labute approximate surface area is 134 Å². The van der Waals surface area contributed by atoms with Gasteiger partial charge >= 0.3 is 0 Å². The van der Waals surface area contributed by atoms with Crippen LogP contribution in [0.2, 0.25) is 10.0 Å². The molecule has 0 aromatic heterocycles.